The molecule has 1 aromatic rings. The summed E-state index contributed by atoms with van der Waals surface area (Å²) in [4.78, 5) is 17.8. The molecule has 0 radical (unpaired) electrons. The van der Waals surface area contributed by atoms with Crippen molar-refractivity contribution in [2.75, 3.05) is 45.6 Å². The van der Waals surface area contributed by atoms with Gasteiger partial charge in [0.25, 0.3) is 0 Å². The van der Waals surface area contributed by atoms with Crippen LogP contribution in [0.2, 0.25) is 0 Å². The van der Waals surface area contributed by atoms with Crippen LogP contribution >= 0.6 is 0 Å². The highest BCUT2D eigenvalue weighted by Crippen LogP contribution is 2.32. The van der Waals surface area contributed by atoms with Gasteiger partial charge < -0.3 is 15.7 Å². The van der Waals surface area contributed by atoms with E-state index in [1.54, 1.807) is 0 Å². The van der Waals surface area contributed by atoms with Crippen molar-refractivity contribution in [1.82, 2.24) is 15.1 Å². The molecular formula is C21H34N4O2. The molecule has 0 unspecified atom stereocenters. The Morgan fingerprint density at radius 2 is 1.89 bits per heavy atom. The summed E-state index contributed by atoms with van der Waals surface area (Å²) in [5.74, 6) is 0.0791. The Labute approximate surface area is 162 Å². The third kappa shape index (κ3) is 4.04. The van der Waals surface area contributed by atoms with Crippen molar-refractivity contribution in [3.05, 3.63) is 29.3 Å². The summed E-state index contributed by atoms with van der Waals surface area (Å²) >= 11 is 0. The summed E-state index contributed by atoms with van der Waals surface area (Å²) in [5.41, 5.74) is 2.60. The van der Waals surface area contributed by atoms with Crippen LogP contribution in [-0.4, -0.2) is 78.8 Å². The van der Waals surface area contributed by atoms with E-state index in [0.717, 1.165) is 55.7 Å². The first kappa shape index (κ1) is 20.3. The highest BCUT2D eigenvalue weighted by molar-refractivity contribution is 5.99. The van der Waals surface area contributed by atoms with Crippen molar-refractivity contribution >= 4 is 11.6 Å². The van der Waals surface area contributed by atoms with Crippen LogP contribution in [0.15, 0.2) is 18.2 Å². The van der Waals surface area contributed by atoms with Crippen LogP contribution in [-0.2, 0) is 4.79 Å². The van der Waals surface area contributed by atoms with Gasteiger partial charge in [-0.3, -0.25) is 14.6 Å². The van der Waals surface area contributed by atoms with E-state index in [2.05, 4.69) is 20.4 Å². The molecule has 3 rings (SSSR count). The molecule has 2 saturated heterocycles. The van der Waals surface area contributed by atoms with E-state index in [1.165, 1.54) is 0 Å². The third-order valence-corrected chi connectivity index (χ3v) is 6.51. The minimum Gasteiger partial charge on any atom is -0.390 e. The maximum Gasteiger partial charge on any atom is 0.244 e. The molecule has 0 aliphatic carbocycles. The average Bonchev–Trinajstić information content (AvgIpc) is 2.65. The number of anilines is 1. The van der Waals surface area contributed by atoms with Gasteiger partial charge in [0.15, 0.2) is 0 Å². The Hall–Kier alpha value is -1.47. The predicted molar refractivity (Wildman–Crippen MR) is 109 cm³/mol. The number of nitrogens with one attached hydrogen (secondary N) is 2. The minimum absolute atomic E-state index is 0.0791. The Morgan fingerprint density at radius 3 is 2.44 bits per heavy atom. The second-order valence-corrected chi connectivity index (χ2v) is 8.31. The largest absolute Gasteiger partial charge is 0.390 e. The smallest absolute Gasteiger partial charge is 0.244 e. The van der Waals surface area contributed by atoms with Crippen molar-refractivity contribution in [3.8, 4) is 0 Å². The molecule has 1 aromatic carbocycles. The third-order valence-electron chi connectivity index (χ3n) is 6.51. The second-order valence-electron chi connectivity index (χ2n) is 8.31. The molecule has 0 spiro atoms. The molecule has 2 fully saturated rings. The van der Waals surface area contributed by atoms with Crippen molar-refractivity contribution in [1.29, 1.82) is 0 Å². The second kappa shape index (κ2) is 8.27. The lowest BCUT2D eigenvalue weighted by Gasteiger charge is -2.48. The number of nitrogens with zero attached hydrogens (tertiary/aromatic N) is 2. The Balaban J connectivity index is 1.73. The van der Waals surface area contributed by atoms with Crippen LogP contribution in [0.3, 0.4) is 0 Å². The number of aliphatic hydroxyl groups excluding tert-OH is 1. The van der Waals surface area contributed by atoms with E-state index >= 15 is 0 Å². The number of rotatable bonds is 4. The van der Waals surface area contributed by atoms with E-state index in [1.807, 2.05) is 46.1 Å². The molecule has 0 aromatic heterocycles. The first-order valence-electron chi connectivity index (χ1n) is 10.0. The average molecular weight is 375 g/mol. The number of likely N-dealkylation sites (tertiary alicyclic amines) is 1. The monoisotopic (exact) mass is 374 g/mol. The molecule has 1 amide bonds. The SMILES string of the molecule is Cc1cccc(C)c1NC(=O)C1(N(C)C)CCN([C@H]2CCNC[C@@H]2O)CC1. The van der Waals surface area contributed by atoms with Gasteiger partial charge in [-0.15, -0.1) is 0 Å². The fourth-order valence-corrected chi connectivity index (χ4v) is 4.60. The molecule has 27 heavy (non-hydrogen) atoms. The molecule has 6 nitrogen and oxygen atoms in total. The topological polar surface area (TPSA) is 67.8 Å². The maximum atomic E-state index is 13.4. The number of benzene rings is 1. The zero-order chi connectivity index (χ0) is 19.6. The predicted octanol–water partition coefficient (Wildman–Crippen LogP) is 1.36. The molecule has 2 heterocycles. The van der Waals surface area contributed by atoms with Crippen molar-refractivity contribution in [2.24, 2.45) is 0 Å². The summed E-state index contributed by atoms with van der Waals surface area (Å²) in [6, 6.07) is 6.29. The first-order chi connectivity index (χ1) is 12.8. The Kier molecular flexibility index (Phi) is 6.21. The van der Waals surface area contributed by atoms with Crippen molar-refractivity contribution < 1.29 is 9.90 Å². The number of hydrogen-bond acceptors (Lipinski definition) is 5. The zero-order valence-electron chi connectivity index (χ0n) is 17.1. The van der Waals surface area contributed by atoms with Gasteiger partial charge in [-0.25, -0.2) is 0 Å². The molecule has 3 N–H and O–H groups in total. The zero-order valence-corrected chi connectivity index (χ0v) is 17.1. The molecule has 2 aliphatic heterocycles. The standard InChI is InChI=1S/C21H34N4O2/c1-15-6-5-7-16(2)19(15)23-20(27)21(24(3)4)9-12-25(13-10-21)17-8-11-22-14-18(17)26/h5-7,17-18,22,26H,8-14H2,1-4H3,(H,23,27)/t17-,18-/m0/s1. The van der Waals surface area contributed by atoms with Gasteiger partial charge in [0, 0.05) is 31.4 Å². The van der Waals surface area contributed by atoms with Crippen LogP contribution in [0, 0.1) is 13.8 Å². The van der Waals surface area contributed by atoms with Gasteiger partial charge in [0.2, 0.25) is 5.91 Å². The van der Waals surface area contributed by atoms with Crippen LogP contribution < -0.4 is 10.6 Å². The van der Waals surface area contributed by atoms with E-state index in [0.29, 0.717) is 6.54 Å². The maximum absolute atomic E-state index is 13.4. The number of carbonyl (C=O) groups is 1. The van der Waals surface area contributed by atoms with Crippen LogP contribution in [0.4, 0.5) is 5.69 Å². The lowest BCUT2D eigenvalue weighted by atomic mass is 9.83. The van der Waals surface area contributed by atoms with E-state index < -0.39 is 5.54 Å². The Morgan fingerprint density at radius 1 is 1.26 bits per heavy atom. The number of para-hydroxylation sites is 1. The molecule has 150 valence electrons. The molecule has 2 atom stereocenters. The highest BCUT2D eigenvalue weighted by Gasteiger charge is 2.45. The van der Waals surface area contributed by atoms with E-state index in [9.17, 15) is 9.90 Å². The summed E-state index contributed by atoms with van der Waals surface area (Å²) in [6.45, 7) is 7.34. The van der Waals surface area contributed by atoms with Gasteiger partial charge in [0.05, 0.1) is 6.10 Å². The molecular weight excluding hydrogens is 340 g/mol. The number of carbonyl (C=O) groups excluding carboxylic acids is 1. The normalized spacial score (nSPS) is 26.1. The molecule has 0 saturated carbocycles. The van der Waals surface area contributed by atoms with Crippen molar-refractivity contribution in [2.45, 2.75) is 50.8 Å². The fourth-order valence-electron chi connectivity index (χ4n) is 4.60. The Bertz CT molecular complexity index is 648. The summed E-state index contributed by atoms with van der Waals surface area (Å²) in [5, 5.41) is 16.8. The van der Waals surface area contributed by atoms with Crippen LogP contribution in [0.1, 0.15) is 30.4 Å². The van der Waals surface area contributed by atoms with E-state index in [-0.39, 0.29) is 18.1 Å². The van der Waals surface area contributed by atoms with Gasteiger partial charge >= 0.3 is 0 Å². The summed E-state index contributed by atoms with van der Waals surface area (Å²) in [7, 11) is 4.00. The van der Waals surface area contributed by atoms with Crippen LogP contribution in [0.5, 0.6) is 0 Å². The molecule has 6 heteroatoms. The number of hydrogen-bond donors (Lipinski definition) is 3. The lowest BCUT2D eigenvalue weighted by molar-refractivity contribution is -0.130. The van der Waals surface area contributed by atoms with Crippen LogP contribution in [0.25, 0.3) is 0 Å². The van der Waals surface area contributed by atoms with Gasteiger partial charge in [-0.05, 0) is 64.9 Å². The van der Waals surface area contributed by atoms with E-state index in [4.69, 9.17) is 0 Å². The number of aliphatic hydroxyl groups is 1. The molecule has 0 bridgehead atoms. The van der Waals surface area contributed by atoms with Gasteiger partial charge in [-0.2, -0.15) is 0 Å². The number of aryl methyl sites for hydroxylation is 2. The van der Waals surface area contributed by atoms with Crippen molar-refractivity contribution in [3.63, 3.8) is 0 Å². The molecule has 2 aliphatic rings. The number of β-amino-alcohol motifs (C(OH)–C–C–N with tert-alkyl or cyclic N) is 1. The highest BCUT2D eigenvalue weighted by atomic mass is 16.3. The summed E-state index contributed by atoms with van der Waals surface area (Å²) in [6.07, 6.45) is 2.18. The lowest BCUT2D eigenvalue weighted by Crippen LogP contribution is -2.63. The minimum atomic E-state index is -0.511. The van der Waals surface area contributed by atoms with Gasteiger partial charge in [0.1, 0.15) is 5.54 Å². The fraction of sp³-hybridized carbons (Fsp3) is 0.667. The van der Waals surface area contributed by atoms with Gasteiger partial charge in [-0.1, -0.05) is 18.2 Å². The quantitative estimate of drug-likeness (QED) is 0.743. The first-order valence-corrected chi connectivity index (χ1v) is 10.0. The number of amides is 1. The number of likely N-dealkylation sites (N-methyl/N-ethyl adjacent to an activating group) is 1. The summed E-state index contributed by atoms with van der Waals surface area (Å²) < 4.78 is 0. The number of piperidine rings is 2.